The molecule has 1 aromatic heterocycles. The molecule has 3 heteroatoms. The summed E-state index contributed by atoms with van der Waals surface area (Å²) in [5, 5.41) is 2.01. The smallest absolute Gasteiger partial charge is 0.223 e. The van der Waals surface area contributed by atoms with E-state index in [1.807, 2.05) is 31.4 Å². The van der Waals surface area contributed by atoms with E-state index < -0.39 is 5.41 Å². The molecule has 0 bridgehead atoms. The third-order valence-corrected chi connectivity index (χ3v) is 2.74. The molecular formula is C9H13NOS. The van der Waals surface area contributed by atoms with Crippen LogP contribution in [0.5, 0.6) is 0 Å². The van der Waals surface area contributed by atoms with Gasteiger partial charge in [0.2, 0.25) is 5.91 Å². The molecule has 0 aliphatic carbocycles. The lowest BCUT2D eigenvalue weighted by Gasteiger charge is -2.18. The van der Waals surface area contributed by atoms with Gasteiger partial charge in [0.05, 0.1) is 0 Å². The van der Waals surface area contributed by atoms with Crippen LogP contribution >= 0.6 is 11.3 Å². The fourth-order valence-electron chi connectivity index (χ4n) is 0.936. The number of primary amides is 1. The van der Waals surface area contributed by atoms with Gasteiger partial charge >= 0.3 is 0 Å². The number of carbonyl (C=O) groups excluding carboxylic acids is 1. The third-order valence-electron chi connectivity index (χ3n) is 1.86. The number of rotatable bonds is 3. The van der Waals surface area contributed by atoms with Crippen molar-refractivity contribution in [2.45, 2.75) is 20.3 Å². The highest BCUT2D eigenvalue weighted by molar-refractivity contribution is 7.09. The molecule has 2 N–H and O–H groups in total. The maximum atomic E-state index is 11.0. The van der Waals surface area contributed by atoms with E-state index in [2.05, 4.69) is 0 Å². The van der Waals surface area contributed by atoms with Crippen LogP contribution in [0, 0.1) is 5.41 Å². The van der Waals surface area contributed by atoms with Gasteiger partial charge < -0.3 is 5.73 Å². The van der Waals surface area contributed by atoms with Gasteiger partial charge in [0, 0.05) is 10.3 Å². The van der Waals surface area contributed by atoms with Crippen molar-refractivity contribution in [3.63, 3.8) is 0 Å². The van der Waals surface area contributed by atoms with Crippen LogP contribution in [0.3, 0.4) is 0 Å². The van der Waals surface area contributed by atoms with Crippen molar-refractivity contribution in [1.82, 2.24) is 0 Å². The highest BCUT2D eigenvalue weighted by Crippen LogP contribution is 2.23. The Kier molecular flexibility index (Phi) is 2.52. The second-order valence-corrected chi connectivity index (χ2v) is 4.54. The maximum absolute atomic E-state index is 11.0. The first-order chi connectivity index (χ1) is 5.52. The number of hydrogen-bond acceptors (Lipinski definition) is 2. The molecule has 0 radical (unpaired) electrons. The van der Waals surface area contributed by atoms with Crippen LogP contribution in [0.4, 0.5) is 0 Å². The van der Waals surface area contributed by atoms with E-state index in [4.69, 9.17) is 5.73 Å². The monoisotopic (exact) mass is 183 g/mol. The number of hydrogen-bond donors (Lipinski definition) is 1. The van der Waals surface area contributed by atoms with Crippen LogP contribution in [0.1, 0.15) is 18.7 Å². The summed E-state index contributed by atoms with van der Waals surface area (Å²) in [6, 6.07) is 4.01. The molecule has 0 aromatic carbocycles. The molecule has 1 aromatic rings. The van der Waals surface area contributed by atoms with E-state index in [0.717, 1.165) is 6.42 Å². The van der Waals surface area contributed by atoms with Gasteiger partial charge in [0.15, 0.2) is 0 Å². The fraction of sp³-hybridized carbons (Fsp3) is 0.444. The first-order valence-corrected chi connectivity index (χ1v) is 4.72. The van der Waals surface area contributed by atoms with Crippen LogP contribution in [0.25, 0.3) is 0 Å². The standard InChI is InChI=1S/C9H13NOS/c1-9(2,8(10)11)6-7-4-3-5-12-7/h3-5H,6H2,1-2H3,(H2,10,11). The molecule has 0 saturated carbocycles. The van der Waals surface area contributed by atoms with Gasteiger partial charge in [-0.15, -0.1) is 11.3 Å². The summed E-state index contributed by atoms with van der Waals surface area (Å²) >= 11 is 1.66. The van der Waals surface area contributed by atoms with Gasteiger partial charge in [-0.2, -0.15) is 0 Å². The Bertz CT molecular complexity index is 264. The number of thiophene rings is 1. The number of nitrogens with two attached hydrogens (primary N) is 1. The Morgan fingerprint density at radius 3 is 2.75 bits per heavy atom. The molecule has 66 valence electrons. The van der Waals surface area contributed by atoms with E-state index in [-0.39, 0.29) is 5.91 Å². The van der Waals surface area contributed by atoms with Crippen LogP contribution in [0.15, 0.2) is 17.5 Å². The molecule has 0 fully saturated rings. The van der Waals surface area contributed by atoms with Gasteiger partial charge in [-0.25, -0.2) is 0 Å². The SMILES string of the molecule is CC(C)(Cc1cccs1)C(N)=O. The molecule has 0 aliphatic heterocycles. The Morgan fingerprint density at radius 2 is 2.33 bits per heavy atom. The first kappa shape index (κ1) is 9.26. The van der Waals surface area contributed by atoms with Crippen LogP contribution in [0.2, 0.25) is 0 Å². The minimum Gasteiger partial charge on any atom is -0.369 e. The van der Waals surface area contributed by atoms with Crippen molar-refractivity contribution >= 4 is 17.2 Å². The minimum atomic E-state index is -0.426. The second-order valence-electron chi connectivity index (χ2n) is 3.50. The lowest BCUT2D eigenvalue weighted by Crippen LogP contribution is -2.33. The zero-order valence-corrected chi connectivity index (χ0v) is 8.15. The van der Waals surface area contributed by atoms with Crippen molar-refractivity contribution in [3.05, 3.63) is 22.4 Å². The number of carbonyl (C=O) groups is 1. The first-order valence-electron chi connectivity index (χ1n) is 3.85. The number of amides is 1. The summed E-state index contributed by atoms with van der Waals surface area (Å²) in [6.45, 7) is 3.74. The zero-order valence-electron chi connectivity index (χ0n) is 7.33. The maximum Gasteiger partial charge on any atom is 0.223 e. The predicted molar refractivity (Wildman–Crippen MR) is 51.0 cm³/mol. The molecule has 0 spiro atoms. The van der Waals surface area contributed by atoms with Crippen molar-refractivity contribution in [3.8, 4) is 0 Å². The van der Waals surface area contributed by atoms with E-state index in [0.29, 0.717) is 0 Å². The minimum absolute atomic E-state index is 0.240. The van der Waals surface area contributed by atoms with Crippen molar-refractivity contribution in [1.29, 1.82) is 0 Å². The lowest BCUT2D eigenvalue weighted by molar-refractivity contribution is -0.125. The largest absolute Gasteiger partial charge is 0.369 e. The quantitative estimate of drug-likeness (QED) is 0.763. The summed E-state index contributed by atoms with van der Waals surface area (Å²) in [7, 11) is 0. The van der Waals surface area contributed by atoms with Crippen molar-refractivity contribution in [2.75, 3.05) is 0 Å². The van der Waals surface area contributed by atoms with Crippen LogP contribution < -0.4 is 5.73 Å². The van der Waals surface area contributed by atoms with Crippen LogP contribution in [-0.2, 0) is 11.2 Å². The van der Waals surface area contributed by atoms with Crippen molar-refractivity contribution in [2.24, 2.45) is 11.1 Å². The molecule has 0 saturated heterocycles. The normalized spacial score (nSPS) is 11.5. The molecule has 12 heavy (non-hydrogen) atoms. The molecule has 2 nitrogen and oxygen atoms in total. The summed E-state index contributed by atoms with van der Waals surface area (Å²) in [4.78, 5) is 12.2. The Labute approximate surface area is 76.4 Å². The summed E-state index contributed by atoms with van der Waals surface area (Å²) < 4.78 is 0. The average molecular weight is 183 g/mol. The van der Waals surface area contributed by atoms with Gasteiger partial charge in [-0.3, -0.25) is 4.79 Å². The Hall–Kier alpha value is -0.830. The highest BCUT2D eigenvalue weighted by Gasteiger charge is 2.25. The average Bonchev–Trinajstić information content (AvgIpc) is 2.38. The van der Waals surface area contributed by atoms with Gasteiger partial charge in [-0.05, 0) is 17.9 Å². The second kappa shape index (κ2) is 3.27. The van der Waals surface area contributed by atoms with Gasteiger partial charge in [0.1, 0.15) is 0 Å². The van der Waals surface area contributed by atoms with E-state index in [1.54, 1.807) is 11.3 Å². The summed E-state index contributed by atoms with van der Waals surface area (Å²) in [5.74, 6) is -0.240. The summed E-state index contributed by atoms with van der Waals surface area (Å²) in [6.07, 6.45) is 0.736. The molecule has 1 rings (SSSR count). The predicted octanol–water partition coefficient (Wildman–Crippen LogP) is 1.80. The highest BCUT2D eigenvalue weighted by atomic mass is 32.1. The Morgan fingerprint density at radius 1 is 1.67 bits per heavy atom. The van der Waals surface area contributed by atoms with Crippen LogP contribution in [-0.4, -0.2) is 5.91 Å². The fourth-order valence-corrected chi connectivity index (χ4v) is 1.87. The van der Waals surface area contributed by atoms with Crippen molar-refractivity contribution < 1.29 is 4.79 Å². The summed E-state index contributed by atoms with van der Waals surface area (Å²) in [5.41, 5.74) is 4.83. The van der Waals surface area contributed by atoms with E-state index in [9.17, 15) is 4.79 Å². The molecule has 0 atom stereocenters. The zero-order chi connectivity index (χ0) is 9.19. The molecule has 1 amide bonds. The van der Waals surface area contributed by atoms with E-state index in [1.165, 1.54) is 4.88 Å². The van der Waals surface area contributed by atoms with E-state index >= 15 is 0 Å². The molecule has 0 aliphatic rings. The third kappa shape index (κ3) is 2.08. The molecule has 0 unspecified atom stereocenters. The molecule has 1 heterocycles. The topological polar surface area (TPSA) is 43.1 Å². The lowest BCUT2D eigenvalue weighted by atomic mass is 9.88. The van der Waals surface area contributed by atoms with Gasteiger partial charge in [-0.1, -0.05) is 19.9 Å². The van der Waals surface area contributed by atoms with Gasteiger partial charge in [0.25, 0.3) is 0 Å². The Balaban J connectivity index is 2.69. The molecular weight excluding hydrogens is 170 g/mol.